The summed E-state index contributed by atoms with van der Waals surface area (Å²) >= 11 is 0. The maximum absolute atomic E-state index is 11.1. The zero-order valence-corrected chi connectivity index (χ0v) is 7.45. The van der Waals surface area contributed by atoms with Crippen molar-refractivity contribution in [2.24, 2.45) is 0 Å². The molecule has 0 saturated heterocycles. The standard InChI is InChI=1S/C11H9BO/c12-11(13)10-6-5-8-3-1-2-4-9(8)7-10/h1-7H,12H2. The number of carbonyl (C=O) groups is 1. The highest BCUT2D eigenvalue weighted by molar-refractivity contribution is 6.62. The van der Waals surface area contributed by atoms with Crippen LogP contribution >= 0.6 is 0 Å². The van der Waals surface area contributed by atoms with Crippen molar-refractivity contribution in [3.8, 4) is 0 Å². The Bertz CT molecular complexity index is 462. The first-order valence-corrected chi connectivity index (χ1v) is 4.27. The first-order chi connectivity index (χ1) is 6.27. The van der Waals surface area contributed by atoms with E-state index in [-0.39, 0.29) is 5.68 Å². The zero-order chi connectivity index (χ0) is 9.26. The zero-order valence-electron chi connectivity index (χ0n) is 7.45. The van der Waals surface area contributed by atoms with Crippen LogP contribution in [0, 0.1) is 0 Å². The molecule has 0 atom stereocenters. The highest BCUT2D eigenvalue weighted by Crippen LogP contribution is 2.15. The van der Waals surface area contributed by atoms with Crippen LogP contribution in [-0.4, -0.2) is 13.5 Å². The molecule has 2 rings (SSSR count). The van der Waals surface area contributed by atoms with Gasteiger partial charge in [0.25, 0.3) is 0 Å². The van der Waals surface area contributed by atoms with E-state index >= 15 is 0 Å². The number of carbonyl (C=O) groups excluding carboxylic acids is 1. The summed E-state index contributed by atoms with van der Waals surface area (Å²) in [5.74, 6) is 0. The predicted molar refractivity (Wildman–Crippen MR) is 56.8 cm³/mol. The fourth-order valence-electron chi connectivity index (χ4n) is 1.41. The monoisotopic (exact) mass is 168 g/mol. The third-order valence-corrected chi connectivity index (χ3v) is 2.16. The van der Waals surface area contributed by atoms with Crippen molar-refractivity contribution in [1.29, 1.82) is 0 Å². The number of fused-ring (bicyclic) bond motifs is 1. The molecule has 0 heterocycles. The minimum atomic E-state index is 0.116. The minimum Gasteiger partial charge on any atom is -0.307 e. The lowest BCUT2D eigenvalue weighted by Crippen LogP contribution is -1.96. The molecule has 0 saturated carbocycles. The maximum atomic E-state index is 11.1. The third kappa shape index (κ3) is 1.48. The van der Waals surface area contributed by atoms with Gasteiger partial charge in [0.2, 0.25) is 0 Å². The van der Waals surface area contributed by atoms with E-state index in [0.29, 0.717) is 0 Å². The molecule has 13 heavy (non-hydrogen) atoms. The van der Waals surface area contributed by atoms with Crippen molar-refractivity contribution in [2.45, 2.75) is 0 Å². The Labute approximate surface area is 77.8 Å². The van der Waals surface area contributed by atoms with E-state index in [9.17, 15) is 4.79 Å². The summed E-state index contributed by atoms with van der Waals surface area (Å²) in [5, 5.41) is 2.29. The lowest BCUT2D eigenvalue weighted by atomic mass is 9.93. The molecule has 2 heteroatoms. The van der Waals surface area contributed by atoms with Crippen molar-refractivity contribution in [3.05, 3.63) is 48.0 Å². The number of benzene rings is 2. The molecule has 1 nitrogen and oxygen atoms in total. The quantitative estimate of drug-likeness (QED) is 0.591. The molecule has 0 aliphatic rings. The molecular formula is C11H9BO. The second kappa shape index (κ2) is 3.06. The van der Waals surface area contributed by atoms with Crippen LogP contribution in [0.1, 0.15) is 10.4 Å². The first-order valence-electron chi connectivity index (χ1n) is 4.27. The van der Waals surface area contributed by atoms with Gasteiger partial charge in [0.15, 0.2) is 7.85 Å². The summed E-state index contributed by atoms with van der Waals surface area (Å²) in [4.78, 5) is 11.1. The fourth-order valence-corrected chi connectivity index (χ4v) is 1.41. The minimum absolute atomic E-state index is 0.116. The number of rotatable bonds is 1. The van der Waals surface area contributed by atoms with E-state index in [1.807, 2.05) is 42.5 Å². The molecule has 0 unspecified atom stereocenters. The van der Waals surface area contributed by atoms with Gasteiger partial charge in [-0.15, -0.1) is 0 Å². The van der Waals surface area contributed by atoms with E-state index in [0.717, 1.165) is 10.9 Å². The molecule has 62 valence electrons. The van der Waals surface area contributed by atoms with E-state index in [4.69, 9.17) is 0 Å². The predicted octanol–water partition coefficient (Wildman–Crippen LogP) is 1.61. The molecule has 0 fully saturated rings. The van der Waals surface area contributed by atoms with Gasteiger partial charge in [0.1, 0.15) is 5.68 Å². The van der Waals surface area contributed by atoms with Crippen molar-refractivity contribution >= 4 is 24.3 Å². The van der Waals surface area contributed by atoms with Crippen LogP contribution in [0.3, 0.4) is 0 Å². The Morgan fingerprint density at radius 1 is 1.00 bits per heavy atom. The molecule has 0 aromatic heterocycles. The Morgan fingerprint density at radius 3 is 2.38 bits per heavy atom. The maximum Gasteiger partial charge on any atom is 0.193 e. The van der Waals surface area contributed by atoms with Crippen LogP contribution in [0.5, 0.6) is 0 Å². The van der Waals surface area contributed by atoms with Gasteiger partial charge < -0.3 is 4.79 Å². The lowest BCUT2D eigenvalue weighted by molar-refractivity contribution is 0.108. The molecule has 0 bridgehead atoms. The van der Waals surface area contributed by atoms with Crippen LogP contribution in [0.25, 0.3) is 10.8 Å². The van der Waals surface area contributed by atoms with Crippen molar-refractivity contribution in [1.82, 2.24) is 0 Å². The molecule has 2 aromatic rings. The highest BCUT2D eigenvalue weighted by Gasteiger charge is 1.98. The Kier molecular flexibility index (Phi) is 1.89. The lowest BCUT2D eigenvalue weighted by Gasteiger charge is -1.99. The smallest absolute Gasteiger partial charge is 0.193 e. The molecule has 2 aromatic carbocycles. The normalized spacial score (nSPS) is 10.2. The van der Waals surface area contributed by atoms with E-state index in [1.54, 1.807) is 7.85 Å². The summed E-state index contributed by atoms with van der Waals surface area (Å²) in [7, 11) is 1.59. The first kappa shape index (κ1) is 8.05. The topological polar surface area (TPSA) is 17.1 Å². The summed E-state index contributed by atoms with van der Waals surface area (Å²) in [6.45, 7) is 0. The fraction of sp³-hybridized carbons (Fsp3) is 0. The average molecular weight is 168 g/mol. The van der Waals surface area contributed by atoms with E-state index in [2.05, 4.69) is 0 Å². The molecule has 0 aliphatic carbocycles. The molecule has 0 radical (unpaired) electrons. The van der Waals surface area contributed by atoms with Crippen molar-refractivity contribution < 1.29 is 4.79 Å². The van der Waals surface area contributed by atoms with Crippen molar-refractivity contribution in [3.63, 3.8) is 0 Å². The average Bonchev–Trinajstić information content (AvgIpc) is 2.17. The van der Waals surface area contributed by atoms with Gasteiger partial charge in [-0.25, -0.2) is 0 Å². The second-order valence-corrected chi connectivity index (χ2v) is 3.12. The second-order valence-electron chi connectivity index (χ2n) is 3.12. The summed E-state index contributed by atoms with van der Waals surface area (Å²) in [6, 6.07) is 13.8. The van der Waals surface area contributed by atoms with Crippen LogP contribution in [0.15, 0.2) is 42.5 Å². The molecule has 0 aliphatic heterocycles. The largest absolute Gasteiger partial charge is 0.307 e. The van der Waals surface area contributed by atoms with Gasteiger partial charge in [0, 0.05) is 5.56 Å². The van der Waals surface area contributed by atoms with Crippen LogP contribution in [0.4, 0.5) is 0 Å². The van der Waals surface area contributed by atoms with Crippen LogP contribution in [-0.2, 0) is 0 Å². The molecular weight excluding hydrogens is 159 g/mol. The summed E-state index contributed by atoms with van der Waals surface area (Å²) in [5.41, 5.74) is 0.893. The van der Waals surface area contributed by atoms with Gasteiger partial charge in [-0.1, -0.05) is 36.4 Å². The Morgan fingerprint density at radius 2 is 1.69 bits per heavy atom. The van der Waals surface area contributed by atoms with E-state index in [1.165, 1.54) is 5.39 Å². The van der Waals surface area contributed by atoms with Gasteiger partial charge in [-0.3, -0.25) is 0 Å². The summed E-state index contributed by atoms with van der Waals surface area (Å²) < 4.78 is 0. The Balaban J connectivity index is 2.69. The van der Waals surface area contributed by atoms with Gasteiger partial charge in [0.05, 0.1) is 0 Å². The number of hydrogen-bond acceptors (Lipinski definition) is 1. The molecule has 0 amide bonds. The van der Waals surface area contributed by atoms with Crippen LogP contribution in [0.2, 0.25) is 0 Å². The molecule has 0 spiro atoms. The SMILES string of the molecule is BC(=O)c1ccc2ccccc2c1. The highest BCUT2D eigenvalue weighted by atomic mass is 16.1. The number of hydrogen-bond donors (Lipinski definition) is 0. The van der Waals surface area contributed by atoms with Gasteiger partial charge in [-0.05, 0) is 16.8 Å². The third-order valence-electron chi connectivity index (χ3n) is 2.16. The van der Waals surface area contributed by atoms with Crippen molar-refractivity contribution in [2.75, 3.05) is 0 Å². The molecule has 0 N–H and O–H groups in total. The Hall–Kier alpha value is -1.57. The van der Waals surface area contributed by atoms with Gasteiger partial charge >= 0.3 is 0 Å². The van der Waals surface area contributed by atoms with Gasteiger partial charge in [-0.2, -0.15) is 0 Å². The van der Waals surface area contributed by atoms with Crippen LogP contribution < -0.4 is 0 Å². The summed E-state index contributed by atoms with van der Waals surface area (Å²) in [6.07, 6.45) is 0. The van der Waals surface area contributed by atoms with E-state index < -0.39 is 0 Å².